The first kappa shape index (κ1) is 29.4. The van der Waals surface area contributed by atoms with E-state index < -0.39 is 28.4 Å². The molecular weight excluding hydrogens is 542 g/mol. The van der Waals surface area contributed by atoms with Gasteiger partial charge < -0.3 is 15.6 Å². The Labute approximate surface area is 250 Å². The van der Waals surface area contributed by atoms with Crippen LogP contribution in [0.5, 0.6) is 0 Å². The number of aromatic nitrogens is 2. The van der Waals surface area contributed by atoms with Crippen LogP contribution >= 0.6 is 0 Å². The molecule has 2 atom stereocenters. The molecule has 5 rings (SSSR count). The topological polar surface area (TPSA) is 134 Å². The number of imide groups is 1. The van der Waals surface area contributed by atoms with Crippen molar-refractivity contribution in [2.24, 2.45) is 5.73 Å². The average molecular weight is 577 g/mol. The standard InChI is InChI=1S/C33H33N7O3/c34-19-25-11-13-27(14-12-25)22-39-24-36-20-29(39)15-16-37-31(41)30-23-38(21-26-7-3-1-4-8-26)17-18-40(30,33(35)43)32(42)28-9-5-2-6-10-28/h1-14,20,24,30H,15-18,21-23H2,(H2-,35,37,41,43)/p+1/t30?,40-/m0/s1. The number of quaternary nitrogens is 1. The van der Waals surface area contributed by atoms with Gasteiger partial charge in [-0.25, -0.2) is 14.6 Å². The zero-order valence-corrected chi connectivity index (χ0v) is 23.8. The number of carbonyl (C=O) groups is 3. The van der Waals surface area contributed by atoms with Crippen molar-refractivity contribution < 1.29 is 18.9 Å². The predicted octanol–water partition coefficient (Wildman–Crippen LogP) is 3.08. The Bertz CT molecular complexity index is 1610. The Morgan fingerprint density at radius 2 is 1.63 bits per heavy atom. The minimum absolute atomic E-state index is 0.0886. The van der Waals surface area contributed by atoms with Crippen LogP contribution in [0.15, 0.2) is 97.5 Å². The van der Waals surface area contributed by atoms with Crippen molar-refractivity contribution in [2.75, 3.05) is 26.2 Å². The molecule has 2 heterocycles. The van der Waals surface area contributed by atoms with Gasteiger partial charge in [0, 0.05) is 44.5 Å². The molecule has 10 heteroatoms. The minimum Gasteiger partial charge on any atom is -0.350 e. The lowest BCUT2D eigenvalue weighted by Crippen LogP contribution is -2.75. The van der Waals surface area contributed by atoms with E-state index in [2.05, 4.69) is 21.3 Å². The van der Waals surface area contributed by atoms with Crippen molar-refractivity contribution in [2.45, 2.75) is 25.6 Å². The summed E-state index contributed by atoms with van der Waals surface area (Å²) in [5.41, 5.74) is 9.91. The van der Waals surface area contributed by atoms with Gasteiger partial charge in [0.2, 0.25) is 0 Å². The predicted molar refractivity (Wildman–Crippen MR) is 160 cm³/mol. The molecule has 10 nitrogen and oxygen atoms in total. The summed E-state index contributed by atoms with van der Waals surface area (Å²) in [6.45, 7) is 2.14. The van der Waals surface area contributed by atoms with E-state index in [0.29, 0.717) is 37.2 Å². The number of carbonyl (C=O) groups excluding carboxylic acids is 3. The van der Waals surface area contributed by atoms with Crippen LogP contribution in [-0.2, 0) is 24.3 Å². The highest BCUT2D eigenvalue weighted by Gasteiger charge is 2.56. The second-order valence-corrected chi connectivity index (χ2v) is 10.7. The number of urea groups is 1. The smallest absolute Gasteiger partial charge is 0.350 e. The molecule has 0 bridgehead atoms. The van der Waals surface area contributed by atoms with Crippen molar-refractivity contribution >= 4 is 17.8 Å². The average Bonchev–Trinajstić information content (AvgIpc) is 3.48. The highest BCUT2D eigenvalue weighted by molar-refractivity contribution is 5.98. The normalized spacial score (nSPS) is 18.4. The van der Waals surface area contributed by atoms with Gasteiger partial charge in [0.25, 0.3) is 5.91 Å². The third-order valence-electron chi connectivity index (χ3n) is 7.98. The van der Waals surface area contributed by atoms with Gasteiger partial charge in [-0.1, -0.05) is 60.7 Å². The first-order valence-electron chi connectivity index (χ1n) is 14.2. The van der Waals surface area contributed by atoms with Gasteiger partial charge in [-0.05, 0) is 35.4 Å². The maximum Gasteiger partial charge on any atom is 0.422 e. The molecular formula is C33H34N7O3+. The van der Waals surface area contributed by atoms with E-state index in [1.165, 1.54) is 0 Å². The van der Waals surface area contributed by atoms with Crippen LogP contribution in [0, 0.1) is 11.3 Å². The fraction of sp³-hybridized carbons (Fsp3) is 0.242. The molecule has 1 aliphatic heterocycles. The summed E-state index contributed by atoms with van der Waals surface area (Å²) in [5.74, 6) is -0.882. The monoisotopic (exact) mass is 576 g/mol. The van der Waals surface area contributed by atoms with E-state index in [4.69, 9.17) is 11.0 Å². The number of hydrogen-bond acceptors (Lipinski definition) is 6. The molecule has 3 aromatic carbocycles. The number of primary amides is 1. The van der Waals surface area contributed by atoms with E-state index in [9.17, 15) is 14.4 Å². The number of rotatable bonds is 9. The first-order chi connectivity index (χ1) is 20.9. The Kier molecular flexibility index (Phi) is 9.05. The summed E-state index contributed by atoms with van der Waals surface area (Å²) in [5, 5.41) is 12.0. The lowest BCUT2D eigenvalue weighted by atomic mass is 10.0. The fourth-order valence-corrected chi connectivity index (χ4v) is 5.63. The van der Waals surface area contributed by atoms with Crippen LogP contribution in [0.3, 0.4) is 0 Å². The minimum atomic E-state index is -1.02. The lowest BCUT2D eigenvalue weighted by Gasteiger charge is -2.44. The molecule has 1 unspecified atom stereocenters. The summed E-state index contributed by atoms with van der Waals surface area (Å²) in [4.78, 5) is 47.3. The molecule has 4 amide bonds. The van der Waals surface area contributed by atoms with Crippen LogP contribution in [0.4, 0.5) is 4.79 Å². The van der Waals surface area contributed by atoms with Crippen LogP contribution in [0.2, 0.25) is 0 Å². The second kappa shape index (κ2) is 13.2. The number of imidazole rings is 1. The number of nitrogens with two attached hydrogens (primary N) is 1. The Morgan fingerprint density at radius 3 is 2.30 bits per heavy atom. The summed E-state index contributed by atoms with van der Waals surface area (Å²) in [7, 11) is 0. The summed E-state index contributed by atoms with van der Waals surface area (Å²) < 4.78 is 1.22. The summed E-state index contributed by atoms with van der Waals surface area (Å²) in [6.07, 6.45) is 3.97. The quantitative estimate of drug-likeness (QED) is 0.294. The van der Waals surface area contributed by atoms with E-state index in [1.54, 1.807) is 55.0 Å². The van der Waals surface area contributed by atoms with Gasteiger partial charge in [-0.3, -0.25) is 9.69 Å². The summed E-state index contributed by atoms with van der Waals surface area (Å²) >= 11 is 0. The number of hydrogen-bond donors (Lipinski definition) is 2. The van der Waals surface area contributed by atoms with Crippen molar-refractivity contribution in [1.29, 1.82) is 5.26 Å². The molecule has 0 spiro atoms. The molecule has 0 radical (unpaired) electrons. The number of nitriles is 1. The van der Waals surface area contributed by atoms with E-state index in [-0.39, 0.29) is 19.6 Å². The molecule has 0 aliphatic carbocycles. The molecule has 43 heavy (non-hydrogen) atoms. The van der Waals surface area contributed by atoms with Gasteiger partial charge in [-0.2, -0.15) is 9.74 Å². The van der Waals surface area contributed by atoms with E-state index >= 15 is 0 Å². The van der Waals surface area contributed by atoms with Gasteiger partial charge in [0.1, 0.15) is 6.54 Å². The zero-order valence-electron chi connectivity index (χ0n) is 23.8. The SMILES string of the molecule is N#Cc1ccc(Cn2cncc2CCNC(=O)C2CN(Cc3ccccc3)CC[N@@+]2(C(N)=O)C(=O)c2ccccc2)cc1. The van der Waals surface area contributed by atoms with Gasteiger partial charge in [0.15, 0.2) is 6.04 Å². The molecule has 1 aromatic heterocycles. The van der Waals surface area contributed by atoms with Crippen LogP contribution in [0.25, 0.3) is 0 Å². The Hall–Kier alpha value is -5.11. The lowest BCUT2D eigenvalue weighted by molar-refractivity contribution is -0.790. The highest BCUT2D eigenvalue weighted by Crippen LogP contribution is 2.26. The zero-order chi connectivity index (χ0) is 30.2. The third kappa shape index (κ3) is 6.54. The van der Waals surface area contributed by atoms with Crippen molar-refractivity contribution in [3.05, 3.63) is 125 Å². The van der Waals surface area contributed by atoms with E-state index in [0.717, 1.165) is 16.8 Å². The molecule has 4 aromatic rings. The number of nitrogens with one attached hydrogen (secondary N) is 1. The number of piperazine rings is 1. The Morgan fingerprint density at radius 1 is 0.953 bits per heavy atom. The maximum absolute atomic E-state index is 13.9. The first-order valence-corrected chi connectivity index (χ1v) is 14.2. The molecule has 1 saturated heterocycles. The Balaban J connectivity index is 1.33. The van der Waals surface area contributed by atoms with E-state index in [1.807, 2.05) is 47.0 Å². The maximum atomic E-state index is 13.9. The summed E-state index contributed by atoms with van der Waals surface area (Å²) in [6, 6.07) is 26.0. The molecule has 3 N–H and O–H groups in total. The third-order valence-corrected chi connectivity index (χ3v) is 7.98. The molecule has 0 saturated carbocycles. The van der Waals surface area contributed by atoms with Gasteiger partial charge in [0.05, 0.1) is 30.1 Å². The van der Waals surface area contributed by atoms with Crippen LogP contribution in [0.1, 0.15) is 32.7 Å². The number of nitrogens with zero attached hydrogens (tertiary/aromatic N) is 5. The van der Waals surface area contributed by atoms with Crippen molar-refractivity contribution in [1.82, 2.24) is 19.8 Å². The largest absolute Gasteiger partial charge is 0.422 e. The molecule has 218 valence electrons. The number of benzene rings is 3. The van der Waals surface area contributed by atoms with Gasteiger partial charge >= 0.3 is 11.9 Å². The molecule has 1 fully saturated rings. The second-order valence-electron chi connectivity index (χ2n) is 10.7. The van der Waals surface area contributed by atoms with Gasteiger partial charge in [-0.15, -0.1) is 0 Å². The molecule has 1 aliphatic rings. The van der Waals surface area contributed by atoms with Crippen LogP contribution in [-0.4, -0.2) is 69.0 Å². The number of amides is 4. The van der Waals surface area contributed by atoms with Crippen molar-refractivity contribution in [3.63, 3.8) is 0 Å². The fourth-order valence-electron chi connectivity index (χ4n) is 5.63. The highest BCUT2D eigenvalue weighted by atomic mass is 16.2. The van der Waals surface area contributed by atoms with Crippen molar-refractivity contribution in [3.8, 4) is 6.07 Å². The van der Waals surface area contributed by atoms with Crippen LogP contribution < -0.4 is 11.1 Å².